The Labute approximate surface area is 142 Å². The van der Waals surface area contributed by atoms with Crippen LogP contribution in [0.25, 0.3) is 0 Å². The van der Waals surface area contributed by atoms with Crippen molar-refractivity contribution in [3.05, 3.63) is 87.9 Å². The Morgan fingerprint density at radius 1 is 1.28 bits per heavy atom. The lowest BCUT2D eigenvalue weighted by Gasteiger charge is -2.18. The number of benzene rings is 1. The van der Waals surface area contributed by atoms with Crippen molar-refractivity contribution in [2.75, 3.05) is 0 Å². The van der Waals surface area contributed by atoms with E-state index in [1.165, 1.54) is 12.3 Å². The van der Waals surface area contributed by atoms with Crippen LogP contribution in [-0.2, 0) is 4.74 Å². The van der Waals surface area contributed by atoms with E-state index in [0.29, 0.717) is 11.3 Å². The molecule has 0 saturated heterocycles. The molecule has 0 spiro atoms. The van der Waals surface area contributed by atoms with Gasteiger partial charge in [0.2, 0.25) is 0 Å². The SMILES string of the molecule is Cc1ocnc1C(=O)O[C@H](c1cccnc1)c1ccccc1[N+](=O)[O-]. The molecule has 0 amide bonds. The smallest absolute Gasteiger partial charge is 0.361 e. The van der Waals surface area contributed by atoms with Gasteiger partial charge in [0.15, 0.2) is 18.2 Å². The molecule has 25 heavy (non-hydrogen) atoms. The summed E-state index contributed by atoms with van der Waals surface area (Å²) in [5.41, 5.74) is 0.620. The molecule has 0 saturated carbocycles. The number of esters is 1. The third kappa shape index (κ3) is 3.37. The molecule has 0 radical (unpaired) electrons. The molecule has 0 aliphatic heterocycles. The van der Waals surface area contributed by atoms with E-state index in [1.54, 1.807) is 43.5 Å². The Morgan fingerprint density at radius 3 is 2.72 bits per heavy atom. The summed E-state index contributed by atoms with van der Waals surface area (Å²) in [7, 11) is 0. The van der Waals surface area contributed by atoms with Crippen molar-refractivity contribution < 1.29 is 18.9 Å². The fourth-order valence-electron chi connectivity index (χ4n) is 2.38. The molecule has 8 nitrogen and oxygen atoms in total. The number of nitrogens with zero attached hydrogens (tertiary/aromatic N) is 3. The summed E-state index contributed by atoms with van der Waals surface area (Å²) >= 11 is 0. The van der Waals surface area contributed by atoms with Gasteiger partial charge in [-0.25, -0.2) is 9.78 Å². The summed E-state index contributed by atoms with van der Waals surface area (Å²) in [4.78, 5) is 31.1. The number of carbonyl (C=O) groups is 1. The number of hydrogen-bond donors (Lipinski definition) is 0. The van der Waals surface area contributed by atoms with Gasteiger partial charge in [-0.2, -0.15) is 0 Å². The molecule has 0 unspecified atom stereocenters. The number of ether oxygens (including phenoxy) is 1. The summed E-state index contributed by atoms with van der Waals surface area (Å²) in [6, 6.07) is 9.42. The van der Waals surface area contributed by atoms with Gasteiger partial charge in [0, 0.05) is 24.0 Å². The lowest BCUT2D eigenvalue weighted by atomic mass is 10.0. The first-order chi connectivity index (χ1) is 12.1. The first-order valence-corrected chi connectivity index (χ1v) is 7.32. The molecule has 1 atom stereocenters. The first kappa shape index (κ1) is 16.3. The Hall–Kier alpha value is -3.55. The second-order valence-corrected chi connectivity index (χ2v) is 5.14. The number of aryl methyl sites for hydroxylation is 1. The van der Waals surface area contributed by atoms with E-state index in [0.717, 1.165) is 6.39 Å². The summed E-state index contributed by atoms with van der Waals surface area (Å²) in [6.45, 7) is 1.58. The Morgan fingerprint density at radius 2 is 2.08 bits per heavy atom. The van der Waals surface area contributed by atoms with Crippen LogP contribution < -0.4 is 0 Å². The highest BCUT2D eigenvalue weighted by molar-refractivity contribution is 5.88. The number of hydrogen-bond acceptors (Lipinski definition) is 7. The van der Waals surface area contributed by atoms with E-state index in [4.69, 9.17) is 9.15 Å². The molecule has 3 rings (SSSR count). The van der Waals surface area contributed by atoms with Crippen LogP contribution in [0.5, 0.6) is 0 Å². The average molecular weight is 339 g/mol. The highest BCUT2D eigenvalue weighted by Crippen LogP contribution is 2.33. The second-order valence-electron chi connectivity index (χ2n) is 5.14. The largest absolute Gasteiger partial charge is 0.448 e. The Kier molecular flexibility index (Phi) is 4.51. The molecular weight excluding hydrogens is 326 g/mol. The zero-order valence-corrected chi connectivity index (χ0v) is 13.2. The van der Waals surface area contributed by atoms with Crippen LogP contribution in [-0.4, -0.2) is 20.9 Å². The minimum absolute atomic E-state index is 0.0208. The summed E-state index contributed by atoms with van der Waals surface area (Å²) in [5.74, 6) is -0.434. The summed E-state index contributed by atoms with van der Waals surface area (Å²) in [6.07, 6.45) is 3.18. The van der Waals surface area contributed by atoms with Crippen LogP contribution in [0.4, 0.5) is 5.69 Å². The molecule has 0 fully saturated rings. The molecule has 2 heterocycles. The van der Waals surface area contributed by atoms with Crippen molar-refractivity contribution in [1.29, 1.82) is 0 Å². The number of aromatic nitrogens is 2. The van der Waals surface area contributed by atoms with Gasteiger partial charge in [-0.3, -0.25) is 15.1 Å². The maximum absolute atomic E-state index is 12.4. The number of para-hydroxylation sites is 1. The van der Waals surface area contributed by atoms with E-state index < -0.39 is 17.0 Å². The quantitative estimate of drug-likeness (QED) is 0.399. The molecule has 126 valence electrons. The Bertz CT molecular complexity index is 907. The molecule has 8 heteroatoms. The summed E-state index contributed by atoms with van der Waals surface area (Å²) in [5, 5.41) is 11.3. The van der Waals surface area contributed by atoms with Crippen molar-refractivity contribution in [2.45, 2.75) is 13.0 Å². The number of nitro benzene ring substituents is 1. The van der Waals surface area contributed by atoms with Crippen LogP contribution in [0.2, 0.25) is 0 Å². The predicted molar refractivity (Wildman–Crippen MR) is 85.8 cm³/mol. The monoisotopic (exact) mass is 339 g/mol. The van der Waals surface area contributed by atoms with Crippen molar-refractivity contribution in [2.24, 2.45) is 0 Å². The van der Waals surface area contributed by atoms with Gasteiger partial charge in [0.05, 0.1) is 10.5 Å². The maximum atomic E-state index is 12.4. The van der Waals surface area contributed by atoms with E-state index in [9.17, 15) is 14.9 Å². The van der Waals surface area contributed by atoms with Crippen LogP contribution >= 0.6 is 0 Å². The van der Waals surface area contributed by atoms with Gasteiger partial charge in [0.25, 0.3) is 5.69 Å². The van der Waals surface area contributed by atoms with Crippen LogP contribution in [0.1, 0.15) is 33.5 Å². The van der Waals surface area contributed by atoms with Crippen molar-refractivity contribution in [1.82, 2.24) is 9.97 Å². The molecule has 0 aliphatic rings. The molecule has 1 aromatic carbocycles. The summed E-state index contributed by atoms with van der Waals surface area (Å²) < 4.78 is 10.5. The van der Waals surface area contributed by atoms with Crippen LogP contribution in [0, 0.1) is 17.0 Å². The Balaban J connectivity index is 2.04. The van der Waals surface area contributed by atoms with Crippen molar-refractivity contribution >= 4 is 11.7 Å². The third-order valence-electron chi connectivity index (χ3n) is 3.57. The highest BCUT2D eigenvalue weighted by atomic mass is 16.6. The second kappa shape index (κ2) is 6.91. The van der Waals surface area contributed by atoms with E-state index in [2.05, 4.69) is 9.97 Å². The molecule has 0 N–H and O–H groups in total. The average Bonchev–Trinajstić information content (AvgIpc) is 3.06. The normalized spacial score (nSPS) is 11.7. The molecule has 0 aliphatic carbocycles. The van der Waals surface area contributed by atoms with Crippen molar-refractivity contribution in [3.8, 4) is 0 Å². The van der Waals surface area contributed by atoms with Crippen LogP contribution in [0.15, 0.2) is 59.6 Å². The maximum Gasteiger partial charge on any atom is 0.361 e. The van der Waals surface area contributed by atoms with Gasteiger partial charge < -0.3 is 9.15 Å². The first-order valence-electron chi connectivity index (χ1n) is 7.32. The van der Waals surface area contributed by atoms with E-state index in [1.807, 2.05) is 0 Å². The number of carbonyl (C=O) groups excluding carboxylic acids is 1. The number of rotatable bonds is 5. The van der Waals surface area contributed by atoms with Crippen molar-refractivity contribution in [3.63, 3.8) is 0 Å². The van der Waals surface area contributed by atoms with E-state index >= 15 is 0 Å². The minimum Gasteiger partial charge on any atom is -0.448 e. The lowest BCUT2D eigenvalue weighted by Crippen LogP contribution is -2.15. The molecule has 3 aromatic rings. The standard InChI is InChI=1S/C17H13N3O5/c1-11-15(19-10-24-11)17(21)25-16(12-5-4-8-18-9-12)13-6-2-3-7-14(13)20(22)23/h2-10,16H,1H3/t16-/m1/s1. The number of pyridine rings is 1. The van der Waals surface area contributed by atoms with Crippen LogP contribution in [0.3, 0.4) is 0 Å². The fraction of sp³-hybridized carbons (Fsp3) is 0.118. The zero-order valence-electron chi connectivity index (χ0n) is 13.2. The minimum atomic E-state index is -1.00. The number of oxazole rings is 1. The topological polar surface area (TPSA) is 108 Å². The van der Waals surface area contributed by atoms with Gasteiger partial charge in [0.1, 0.15) is 5.76 Å². The highest BCUT2D eigenvalue weighted by Gasteiger charge is 2.28. The van der Waals surface area contributed by atoms with Gasteiger partial charge in [-0.1, -0.05) is 18.2 Å². The van der Waals surface area contributed by atoms with Gasteiger partial charge >= 0.3 is 5.97 Å². The predicted octanol–water partition coefficient (Wildman–Crippen LogP) is 3.23. The van der Waals surface area contributed by atoms with Gasteiger partial charge in [-0.15, -0.1) is 0 Å². The third-order valence-corrected chi connectivity index (χ3v) is 3.57. The zero-order chi connectivity index (χ0) is 17.8. The molecule has 0 bridgehead atoms. The lowest BCUT2D eigenvalue weighted by molar-refractivity contribution is -0.386. The molecule has 2 aromatic heterocycles. The van der Waals surface area contributed by atoms with E-state index in [-0.39, 0.29) is 16.9 Å². The fourth-order valence-corrected chi connectivity index (χ4v) is 2.38. The molecular formula is C17H13N3O5. The number of nitro groups is 1. The van der Waals surface area contributed by atoms with Gasteiger partial charge in [-0.05, 0) is 19.1 Å².